The second kappa shape index (κ2) is 7.46. The molecule has 2 heterocycles. The summed E-state index contributed by atoms with van der Waals surface area (Å²) in [5, 5.41) is 16.8. The number of rotatable bonds is 3. The van der Waals surface area contributed by atoms with Gasteiger partial charge in [0.2, 0.25) is 0 Å². The number of ether oxygens (including phenoxy) is 2. The molecule has 156 valence electrons. The first-order chi connectivity index (χ1) is 14.5. The van der Waals surface area contributed by atoms with Crippen LogP contribution in [0.15, 0.2) is 54.6 Å². The third-order valence-electron chi connectivity index (χ3n) is 6.05. The van der Waals surface area contributed by atoms with Gasteiger partial charge in [-0.15, -0.1) is 0 Å². The van der Waals surface area contributed by atoms with E-state index >= 15 is 0 Å². The van der Waals surface area contributed by atoms with Crippen LogP contribution in [0.25, 0.3) is 16.9 Å². The highest BCUT2D eigenvalue weighted by molar-refractivity contribution is 6.30. The summed E-state index contributed by atoms with van der Waals surface area (Å²) in [6.07, 6.45) is 2.22. The first kappa shape index (κ1) is 19.7. The Kier molecular flexibility index (Phi) is 4.90. The minimum absolute atomic E-state index is 0.313. The highest BCUT2D eigenvalue weighted by atomic mass is 35.5. The molecule has 1 N–H and O–H groups in total. The predicted octanol–water partition coefficient (Wildman–Crippen LogP) is 4.84. The highest BCUT2D eigenvalue weighted by Gasteiger charge is 2.47. The smallest absolute Gasteiger partial charge is 0.168 e. The van der Waals surface area contributed by atoms with E-state index in [9.17, 15) is 9.50 Å². The summed E-state index contributed by atoms with van der Waals surface area (Å²) in [4.78, 5) is 0. The Morgan fingerprint density at radius 3 is 2.20 bits per heavy atom. The number of nitrogens with zero attached hydrogens (tertiary/aromatic N) is 2. The van der Waals surface area contributed by atoms with Crippen molar-refractivity contribution in [2.45, 2.75) is 37.1 Å². The van der Waals surface area contributed by atoms with Gasteiger partial charge in [0.05, 0.1) is 30.3 Å². The van der Waals surface area contributed by atoms with E-state index in [1.54, 1.807) is 16.8 Å². The maximum atomic E-state index is 13.5. The molecule has 1 spiro atoms. The lowest BCUT2D eigenvalue weighted by atomic mass is 9.79. The summed E-state index contributed by atoms with van der Waals surface area (Å²) in [6.45, 7) is 1.19. The van der Waals surface area contributed by atoms with E-state index in [1.165, 1.54) is 12.1 Å². The molecular formula is C23H22ClFN2O3. The van der Waals surface area contributed by atoms with Crippen molar-refractivity contribution in [3.8, 4) is 16.9 Å². The first-order valence-corrected chi connectivity index (χ1v) is 10.5. The minimum Gasteiger partial charge on any atom is -0.383 e. The van der Waals surface area contributed by atoms with E-state index in [2.05, 4.69) is 0 Å². The third-order valence-corrected chi connectivity index (χ3v) is 6.30. The van der Waals surface area contributed by atoms with Crippen molar-refractivity contribution in [2.24, 2.45) is 0 Å². The molecular weight excluding hydrogens is 407 g/mol. The molecule has 2 fully saturated rings. The Bertz CT molecular complexity index is 970. The molecule has 5 rings (SSSR count). The topological polar surface area (TPSA) is 56.5 Å². The fourth-order valence-electron chi connectivity index (χ4n) is 4.30. The Morgan fingerprint density at radius 2 is 1.57 bits per heavy atom. The number of hydrogen-bond acceptors (Lipinski definition) is 4. The SMILES string of the molecule is OC1(c2cc(-c3ccc(Cl)cc3)n(-c3ccc(F)cc3)n2)CCC2(CC1)OCCO2. The maximum Gasteiger partial charge on any atom is 0.168 e. The number of aromatic nitrogens is 2. The average Bonchev–Trinajstić information content (AvgIpc) is 3.40. The van der Waals surface area contributed by atoms with Crippen molar-refractivity contribution < 1.29 is 19.0 Å². The second-order valence-corrected chi connectivity index (χ2v) is 8.39. The Hall–Kier alpha value is -2.25. The van der Waals surface area contributed by atoms with Crippen molar-refractivity contribution in [3.63, 3.8) is 0 Å². The van der Waals surface area contributed by atoms with Gasteiger partial charge in [-0.05, 0) is 55.3 Å². The molecule has 5 nitrogen and oxygen atoms in total. The second-order valence-electron chi connectivity index (χ2n) is 7.95. The minimum atomic E-state index is -1.08. The molecule has 0 radical (unpaired) electrons. The lowest BCUT2D eigenvalue weighted by Gasteiger charge is -2.39. The molecule has 1 aliphatic heterocycles. The van der Waals surface area contributed by atoms with E-state index in [0.717, 1.165) is 11.3 Å². The molecule has 1 aromatic heterocycles. The lowest BCUT2D eigenvalue weighted by molar-refractivity contribution is -0.204. The lowest BCUT2D eigenvalue weighted by Crippen LogP contribution is -2.42. The molecule has 0 unspecified atom stereocenters. The van der Waals surface area contributed by atoms with Crippen LogP contribution in [-0.2, 0) is 15.1 Å². The Balaban J connectivity index is 1.54. The van der Waals surface area contributed by atoms with E-state index in [4.69, 9.17) is 26.2 Å². The van der Waals surface area contributed by atoms with Crippen LogP contribution >= 0.6 is 11.6 Å². The fourth-order valence-corrected chi connectivity index (χ4v) is 4.43. The zero-order chi connectivity index (χ0) is 20.8. The Morgan fingerprint density at radius 1 is 0.933 bits per heavy atom. The van der Waals surface area contributed by atoms with Crippen molar-refractivity contribution in [1.82, 2.24) is 9.78 Å². The zero-order valence-corrected chi connectivity index (χ0v) is 17.1. The Labute approximate surface area is 179 Å². The average molecular weight is 429 g/mol. The summed E-state index contributed by atoms with van der Waals surface area (Å²) in [5.74, 6) is -0.878. The molecule has 2 aliphatic rings. The van der Waals surface area contributed by atoms with E-state index in [-0.39, 0.29) is 5.82 Å². The van der Waals surface area contributed by atoms with Crippen LogP contribution in [0.5, 0.6) is 0 Å². The monoisotopic (exact) mass is 428 g/mol. The molecule has 1 saturated heterocycles. The van der Waals surface area contributed by atoms with Gasteiger partial charge >= 0.3 is 0 Å². The highest BCUT2D eigenvalue weighted by Crippen LogP contribution is 2.45. The van der Waals surface area contributed by atoms with Crippen LogP contribution in [-0.4, -0.2) is 33.9 Å². The van der Waals surface area contributed by atoms with Crippen molar-refractivity contribution in [2.75, 3.05) is 13.2 Å². The molecule has 1 saturated carbocycles. The van der Waals surface area contributed by atoms with E-state index < -0.39 is 11.4 Å². The van der Waals surface area contributed by atoms with Gasteiger partial charge in [0.25, 0.3) is 0 Å². The van der Waals surface area contributed by atoms with Gasteiger partial charge < -0.3 is 14.6 Å². The van der Waals surface area contributed by atoms with Crippen molar-refractivity contribution >= 4 is 11.6 Å². The summed E-state index contributed by atoms with van der Waals surface area (Å²) in [7, 11) is 0. The first-order valence-electron chi connectivity index (χ1n) is 10.1. The largest absolute Gasteiger partial charge is 0.383 e. The summed E-state index contributed by atoms with van der Waals surface area (Å²) in [5.41, 5.74) is 1.93. The molecule has 2 aromatic carbocycles. The summed E-state index contributed by atoms with van der Waals surface area (Å²) in [6, 6.07) is 15.5. The van der Waals surface area contributed by atoms with Crippen molar-refractivity contribution in [1.29, 1.82) is 0 Å². The number of aliphatic hydroxyl groups is 1. The van der Waals surface area contributed by atoms with Crippen LogP contribution < -0.4 is 0 Å². The van der Waals surface area contributed by atoms with Crippen LogP contribution in [0.2, 0.25) is 5.02 Å². The van der Waals surface area contributed by atoms with Gasteiger partial charge in [-0.25, -0.2) is 9.07 Å². The summed E-state index contributed by atoms with van der Waals surface area (Å²) >= 11 is 6.05. The van der Waals surface area contributed by atoms with Gasteiger partial charge in [-0.3, -0.25) is 0 Å². The number of halogens is 2. The van der Waals surface area contributed by atoms with Gasteiger partial charge in [0.1, 0.15) is 11.4 Å². The van der Waals surface area contributed by atoms with Crippen LogP contribution in [0.1, 0.15) is 31.4 Å². The van der Waals surface area contributed by atoms with Crippen LogP contribution in [0.4, 0.5) is 4.39 Å². The third kappa shape index (κ3) is 3.54. The van der Waals surface area contributed by atoms with Crippen LogP contribution in [0, 0.1) is 5.82 Å². The summed E-state index contributed by atoms with van der Waals surface area (Å²) < 4.78 is 26.8. The van der Waals surface area contributed by atoms with Gasteiger partial charge in [0.15, 0.2) is 5.79 Å². The predicted molar refractivity (Wildman–Crippen MR) is 111 cm³/mol. The molecule has 0 atom stereocenters. The molecule has 0 bridgehead atoms. The molecule has 1 aliphatic carbocycles. The van der Waals surface area contributed by atoms with Gasteiger partial charge in [-0.2, -0.15) is 5.10 Å². The van der Waals surface area contributed by atoms with E-state index in [1.807, 2.05) is 30.3 Å². The standard InChI is InChI=1S/C23H22ClFN2O3/c24-17-3-1-16(2-4-17)20-15-21(26-27(20)19-7-5-18(25)6-8-19)22(28)9-11-23(12-10-22)29-13-14-30-23/h1-8,15,28H,9-14H2. The van der Waals surface area contributed by atoms with Crippen LogP contribution in [0.3, 0.4) is 0 Å². The number of hydrogen-bond donors (Lipinski definition) is 1. The van der Waals surface area contributed by atoms with Crippen molar-refractivity contribution in [3.05, 3.63) is 71.1 Å². The maximum absolute atomic E-state index is 13.5. The molecule has 0 amide bonds. The van der Waals surface area contributed by atoms with E-state index in [0.29, 0.717) is 55.3 Å². The van der Waals surface area contributed by atoms with Gasteiger partial charge in [-0.1, -0.05) is 23.7 Å². The van der Waals surface area contributed by atoms with Gasteiger partial charge in [0, 0.05) is 23.4 Å². The quantitative estimate of drug-likeness (QED) is 0.648. The fraction of sp³-hybridized carbons (Fsp3) is 0.348. The normalized spacial score (nSPS) is 20.0. The zero-order valence-electron chi connectivity index (χ0n) is 16.4. The number of benzene rings is 2. The molecule has 30 heavy (non-hydrogen) atoms. The molecule has 7 heteroatoms. The molecule has 3 aromatic rings.